The van der Waals surface area contributed by atoms with E-state index in [2.05, 4.69) is 4.98 Å². The predicted octanol–water partition coefficient (Wildman–Crippen LogP) is 3.67. The highest BCUT2D eigenvalue weighted by molar-refractivity contribution is 5.60. The van der Waals surface area contributed by atoms with E-state index in [0.717, 1.165) is 16.8 Å². The molecular formula is C14H15N. The lowest BCUT2D eigenvalue weighted by molar-refractivity contribution is 1.22. The standard InChI is InChI=1S/C14H15N/c1-10-4-6-13(7-5-10)14-8-11(2)12(3)9-15-14/h4-9H,1-3H3/i3D3. The molecule has 0 aliphatic heterocycles. The highest BCUT2D eigenvalue weighted by atomic mass is 14.7. The van der Waals surface area contributed by atoms with E-state index < -0.39 is 6.85 Å². The van der Waals surface area contributed by atoms with Gasteiger partial charge >= 0.3 is 0 Å². The molecule has 1 heteroatoms. The van der Waals surface area contributed by atoms with Crippen LogP contribution in [0.25, 0.3) is 11.3 Å². The molecule has 76 valence electrons. The fraction of sp³-hybridized carbons (Fsp3) is 0.214. The topological polar surface area (TPSA) is 12.9 Å². The summed E-state index contributed by atoms with van der Waals surface area (Å²) in [5.74, 6) is 0. The van der Waals surface area contributed by atoms with Crippen molar-refractivity contribution in [2.45, 2.75) is 20.7 Å². The lowest BCUT2D eigenvalue weighted by Gasteiger charge is -2.04. The maximum Gasteiger partial charge on any atom is 0.0704 e. The summed E-state index contributed by atoms with van der Waals surface area (Å²) in [6.07, 6.45) is 1.46. The summed E-state index contributed by atoms with van der Waals surface area (Å²) in [5, 5.41) is 0. The number of aromatic nitrogens is 1. The Balaban J connectivity index is 2.43. The third kappa shape index (κ3) is 2.07. The van der Waals surface area contributed by atoms with Gasteiger partial charge in [-0.1, -0.05) is 29.8 Å². The van der Waals surface area contributed by atoms with Crippen LogP contribution in [0, 0.1) is 20.7 Å². The van der Waals surface area contributed by atoms with Crippen LogP contribution in [0.1, 0.15) is 20.8 Å². The predicted molar refractivity (Wildman–Crippen MR) is 63.9 cm³/mol. The maximum absolute atomic E-state index is 7.41. The number of hydrogen-bond donors (Lipinski definition) is 0. The van der Waals surface area contributed by atoms with Crippen molar-refractivity contribution in [2.75, 3.05) is 0 Å². The van der Waals surface area contributed by atoms with Crippen LogP contribution >= 0.6 is 0 Å². The zero-order valence-corrected chi connectivity index (χ0v) is 8.91. The van der Waals surface area contributed by atoms with Crippen LogP contribution in [-0.4, -0.2) is 4.98 Å². The number of benzene rings is 1. The molecule has 0 saturated carbocycles. The first-order valence-electron chi connectivity index (χ1n) is 6.42. The number of aryl methyl sites for hydroxylation is 3. The van der Waals surface area contributed by atoms with Gasteiger partial charge in [0.25, 0.3) is 0 Å². The van der Waals surface area contributed by atoms with E-state index in [1.165, 1.54) is 11.8 Å². The van der Waals surface area contributed by atoms with Crippen molar-refractivity contribution in [2.24, 2.45) is 0 Å². The summed E-state index contributed by atoms with van der Waals surface area (Å²) in [6, 6.07) is 9.85. The molecule has 0 aliphatic rings. The molecule has 0 saturated heterocycles. The summed E-state index contributed by atoms with van der Waals surface area (Å²) < 4.78 is 22.2. The quantitative estimate of drug-likeness (QED) is 0.684. The van der Waals surface area contributed by atoms with Crippen LogP contribution in [0.4, 0.5) is 0 Å². The second kappa shape index (κ2) is 3.85. The van der Waals surface area contributed by atoms with Gasteiger partial charge in [0, 0.05) is 15.9 Å². The van der Waals surface area contributed by atoms with Crippen molar-refractivity contribution >= 4 is 0 Å². The largest absolute Gasteiger partial charge is 0.256 e. The van der Waals surface area contributed by atoms with Gasteiger partial charge in [0.05, 0.1) is 5.69 Å². The Labute approximate surface area is 95.0 Å². The summed E-state index contributed by atoms with van der Waals surface area (Å²) >= 11 is 0. The van der Waals surface area contributed by atoms with Crippen LogP contribution in [0.3, 0.4) is 0 Å². The van der Waals surface area contributed by atoms with Crippen molar-refractivity contribution in [1.82, 2.24) is 4.98 Å². The molecule has 1 heterocycles. The van der Waals surface area contributed by atoms with Gasteiger partial charge in [-0.3, -0.25) is 4.98 Å². The van der Waals surface area contributed by atoms with E-state index in [4.69, 9.17) is 4.11 Å². The van der Waals surface area contributed by atoms with E-state index in [1.807, 2.05) is 37.3 Å². The van der Waals surface area contributed by atoms with Gasteiger partial charge in [-0.2, -0.15) is 0 Å². The monoisotopic (exact) mass is 200 g/mol. The Hall–Kier alpha value is -1.63. The van der Waals surface area contributed by atoms with Crippen molar-refractivity contribution in [3.8, 4) is 11.3 Å². The van der Waals surface area contributed by atoms with E-state index in [9.17, 15) is 0 Å². The minimum absolute atomic E-state index is 0.318. The third-order valence-corrected chi connectivity index (χ3v) is 2.46. The minimum atomic E-state index is -2.09. The highest BCUT2D eigenvalue weighted by Gasteiger charge is 2.00. The van der Waals surface area contributed by atoms with Crippen LogP contribution in [0.2, 0.25) is 0 Å². The van der Waals surface area contributed by atoms with E-state index >= 15 is 0 Å². The summed E-state index contributed by atoms with van der Waals surface area (Å²) in [6.45, 7) is 1.74. The Morgan fingerprint density at radius 3 is 2.40 bits per heavy atom. The second-order valence-corrected chi connectivity index (χ2v) is 3.75. The molecule has 0 bridgehead atoms. The fourth-order valence-electron chi connectivity index (χ4n) is 1.44. The molecule has 0 radical (unpaired) electrons. The van der Waals surface area contributed by atoms with Gasteiger partial charge in [-0.15, -0.1) is 0 Å². The van der Waals surface area contributed by atoms with Gasteiger partial charge in [0.2, 0.25) is 0 Å². The first kappa shape index (κ1) is 6.78. The normalized spacial score (nSPS) is 14.1. The van der Waals surface area contributed by atoms with Gasteiger partial charge in [0.15, 0.2) is 0 Å². The molecule has 0 N–H and O–H groups in total. The number of rotatable bonds is 1. The Morgan fingerprint density at radius 1 is 1.07 bits per heavy atom. The van der Waals surface area contributed by atoms with Gasteiger partial charge in [-0.05, 0) is 37.9 Å². The molecule has 0 spiro atoms. The molecule has 0 aliphatic carbocycles. The van der Waals surface area contributed by atoms with Crippen molar-refractivity contribution in [3.05, 3.63) is 53.2 Å². The molecular weight excluding hydrogens is 182 g/mol. The Bertz CT molecular complexity index is 556. The molecule has 1 nitrogen and oxygen atoms in total. The van der Waals surface area contributed by atoms with Crippen LogP contribution in [0.5, 0.6) is 0 Å². The lowest BCUT2D eigenvalue weighted by Crippen LogP contribution is -1.88. The average molecular weight is 200 g/mol. The smallest absolute Gasteiger partial charge is 0.0704 e. The molecule has 0 fully saturated rings. The van der Waals surface area contributed by atoms with Gasteiger partial charge in [-0.25, -0.2) is 0 Å². The minimum Gasteiger partial charge on any atom is -0.256 e. The summed E-state index contributed by atoms with van der Waals surface area (Å²) in [5.41, 5.74) is 4.06. The first-order valence-corrected chi connectivity index (χ1v) is 4.92. The highest BCUT2D eigenvalue weighted by Crippen LogP contribution is 2.19. The zero-order chi connectivity index (χ0) is 13.3. The molecule has 0 unspecified atom stereocenters. The fourth-order valence-corrected chi connectivity index (χ4v) is 1.44. The lowest BCUT2D eigenvalue weighted by atomic mass is 10.1. The van der Waals surface area contributed by atoms with Gasteiger partial charge in [0.1, 0.15) is 0 Å². The van der Waals surface area contributed by atoms with Crippen molar-refractivity contribution in [1.29, 1.82) is 0 Å². The second-order valence-electron chi connectivity index (χ2n) is 3.75. The first-order chi connectivity index (χ1) is 8.38. The van der Waals surface area contributed by atoms with Crippen LogP contribution in [0.15, 0.2) is 36.5 Å². The molecule has 1 aromatic carbocycles. The molecule has 15 heavy (non-hydrogen) atoms. The third-order valence-electron chi connectivity index (χ3n) is 2.46. The Kier molecular flexibility index (Phi) is 1.74. The molecule has 0 atom stereocenters. The van der Waals surface area contributed by atoms with E-state index in [0.29, 0.717) is 5.56 Å². The number of nitrogens with zero attached hydrogens (tertiary/aromatic N) is 1. The van der Waals surface area contributed by atoms with Crippen molar-refractivity contribution < 1.29 is 4.11 Å². The van der Waals surface area contributed by atoms with Crippen LogP contribution < -0.4 is 0 Å². The summed E-state index contributed by atoms with van der Waals surface area (Å²) in [4.78, 5) is 4.25. The molecule has 2 aromatic rings. The van der Waals surface area contributed by atoms with E-state index in [-0.39, 0.29) is 0 Å². The van der Waals surface area contributed by atoms with Gasteiger partial charge < -0.3 is 0 Å². The SMILES string of the molecule is [2H]C([2H])([2H])c1cnc(-c2ccc(C)cc2)cc1C. The van der Waals surface area contributed by atoms with Crippen molar-refractivity contribution in [3.63, 3.8) is 0 Å². The van der Waals surface area contributed by atoms with Crippen LogP contribution in [-0.2, 0) is 0 Å². The molecule has 1 aromatic heterocycles. The number of pyridine rings is 1. The average Bonchev–Trinajstić information content (AvgIpc) is 2.28. The molecule has 0 amide bonds. The Morgan fingerprint density at radius 2 is 1.80 bits per heavy atom. The zero-order valence-electron chi connectivity index (χ0n) is 11.9. The number of hydrogen-bond acceptors (Lipinski definition) is 1. The maximum atomic E-state index is 7.41. The van der Waals surface area contributed by atoms with E-state index in [1.54, 1.807) is 6.92 Å². The summed E-state index contributed by atoms with van der Waals surface area (Å²) in [7, 11) is 0. The molecule has 2 rings (SSSR count).